The summed E-state index contributed by atoms with van der Waals surface area (Å²) in [6.45, 7) is 3.93. The first kappa shape index (κ1) is 26.0. The van der Waals surface area contributed by atoms with Crippen molar-refractivity contribution in [3.63, 3.8) is 0 Å². The van der Waals surface area contributed by atoms with Gasteiger partial charge in [0.1, 0.15) is 0 Å². The third kappa shape index (κ3) is 7.21. The van der Waals surface area contributed by atoms with E-state index in [9.17, 15) is 14.4 Å². The van der Waals surface area contributed by atoms with E-state index in [2.05, 4.69) is 0 Å². The molecule has 34 heavy (non-hydrogen) atoms. The van der Waals surface area contributed by atoms with E-state index in [1.807, 2.05) is 30.3 Å². The molecule has 0 saturated carbocycles. The Morgan fingerprint density at radius 2 is 1.74 bits per heavy atom. The topological polar surface area (TPSA) is 66.9 Å². The van der Waals surface area contributed by atoms with Crippen molar-refractivity contribution < 1.29 is 19.1 Å². The van der Waals surface area contributed by atoms with Crippen LogP contribution in [0.1, 0.15) is 42.1 Å². The maximum atomic E-state index is 13.3. The van der Waals surface area contributed by atoms with E-state index in [0.717, 1.165) is 5.56 Å². The van der Waals surface area contributed by atoms with E-state index >= 15 is 0 Å². The average Bonchev–Trinajstić information content (AvgIpc) is 2.84. The van der Waals surface area contributed by atoms with Gasteiger partial charge in [0.15, 0.2) is 0 Å². The first-order chi connectivity index (χ1) is 16.4. The van der Waals surface area contributed by atoms with Crippen LogP contribution in [0.25, 0.3) is 0 Å². The fourth-order valence-electron chi connectivity index (χ4n) is 4.07. The lowest BCUT2D eigenvalue weighted by molar-refractivity contribution is -0.151. The molecule has 3 rings (SSSR count). The summed E-state index contributed by atoms with van der Waals surface area (Å²) in [7, 11) is 0. The number of halogens is 2. The highest BCUT2D eigenvalue weighted by atomic mass is 35.5. The standard InChI is InChI=1S/C26H30Cl2N2O4/c1-2-34-26(33)20-11-15-29(16-12-20)24(31)13-17-30(14-10-19-6-4-3-5-7-19)25(32)22-9-8-21(27)18-23(22)28/h3-9,18,20H,2,10-17H2,1H3. The van der Waals surface area contributed by atoms with Gasteiger partial charge in [0.2, 0.25) is 5.91 Å². The molecule has 0 atom stereocenters. The molecule has 2 aromatic carbocycles. The third-order valence-corrected chi connectivity index (χ3v) is 6.57. The van der Waals surface area contributed by atoms with Crippen molar-refractivity contribution in [2.45, 2.75) is 32.6 Å². The zero-order valence-corrected chi connectivity index (χ0v) is 20.9. The van der Waals surface area contributed by atoms with Gasteiger partial charge >= 0.3 is 5.97 Å². The van der Waals surface area contributed by atoms with Crippen molar-refractivity contribution in [2.24, 2.45) is 5.92 Å². The summed E-state index contributed by atoms with van der Waals surface area (Å²) >= 11 is 12.3. The Balaban J connectivity index is 1.62. The fraction of sp³-hybridized carbons (Fsp3) is 0.423. The van der Waals surface area contributed by atoms with Gasteiger partial charge in [-0.25, -0.2) is 0 Å². The molecule has 6 nitrogen and oxygen atoms in total. The number of amides is 2. The molecule has 0 unspecified atom stereocenters. The van der Waals surface area contributed by atoms with E-state index in [1.54, 1.807) is 34.9 Å². The molecule has 0 N–H and O–H groups in total. The minimum atomic E-state index is -0.230. The molecule has 0 bridgehead atoms. The van der Waals surface area contributed by atoms with Crippen LogP contribution in [0.15, 0.2) is 48.5 Å². The number of carbonyl (C=O) groups excluding carboxylic acids is 3. The zero-order valence-electron chi connectivity index (χ0n) is 19.3. The second-order valence-electron chi connectivity index (χ2n) is 8.31. The molecule has 1 saturated heterocycles. The predicted molar refractivity (Wildman–Crippen MR) is 133 cm³/mol. The van der Waals surface area contributed by atoms with Crippen LogP contribution in [-0.4, -0.2) is 60.4 Å². The summed E-state index contributed by atoms with van der Waals surface area (Å²) in [5.74, 6) is -0.597. The van der Waals surface area contributed by atoms with Gasteiger partial charge in [-0.1, -0.05) is 53.5 Å². The molecule has 0 spiro atoms. The molecule has 0 aromatic heterocycles. The SMILES string of the molecule is CCOC(=O)C1CCN(C(=O)CCN(CCc2ccccc2)C(=O)c2ccc(Cl)cc2Cl)CC1. The van der Waals surface area contributed by atoms with Crippen molar-refractivity contribution in [2.75, 3.05) is 32.8 Å². The summed E-state index contributed by atoms with van der Waals surface area (Å²) in [5.41, 5.74) is 1.47. The van der Waals surface area contributed by atoms with E-state index in [0.29, 0.717) is 56.1 Å². The van der Waals surface area contributed by atoms with Gasteiger partial charge < -0.3 is 14.5 Å². The predicted octanol–water partition coefficient (Wildman–Crippen LogP) is 4.87. The van der Waals surface area contributed by atoms with Crippen LogP contribution in [0, 0.1) is 5.92 Å². The minimum Gasteiger partial charge on any atom is -0.466 e. The van der Waals surface area contributed by atoms with Crippen LogP contribution < -0.4 is 0 Å². The lowest BCUT2D eigenvalue weighted by atomic mass is 9.97. The van der Waals surface area contributed by atoms with Gasteiger partial charge in [0.05, 0.1) is 23.1 Å². The third-order valence-electron chi connectivity index (χ3n) is 6.03. The number of rotatable bonds is 9. The Morgan fingerprint density at radius 3 is 2.38 bits per heavy atom. The highest BCUT2D eigenvalue weighted by molar-refractivity contribution is 6.36. The van der Waals surface area contributed by atoms with Crippen LogP contribution in [-0.2, 0) is 20.7 Å². The molecule has 0 radical (unpaired) electrons. The number of benzene rings is 2. The van der Waals surface area contributed by atoms with Crippen molar-refractivity contribution in [3.05, 3.63) is 69.7 Å². The van der Waals surface area contributed by atoms with E-state index in [4.69, 9.17) is 27.9 Å². The number of hydrogen-bond donors (Lipinski definition) is 0. The van der Waals surface area contributed by atoms with Crippen molar-refractivity contribution in [1.82, 2.24) is 9.80 Å². The zero-order chi connectivity index (χ0) is 24.5. The van der Waals surface area contributed by atoms with Crippen LogP contribution in [0.2, 0.25) is 10.0 Å². The molecule has 1 heterocycles. The number of likely N-dealkylation sites (tertiary alicyclic amines) is 1. The number of ether oxygens (including phenoxy) is 1. The number of esters is 1. The quantitative estimate of drug-likeness (QED) is 0.456. The molecule has 2 aromatic rings. The van der Waals surface area contributed by atoms with E-state index in [1.165, 1.54) is 0 Å². The van der Waals surface area contributed by atoms with Crippen molar-refractivity contribution in [1.29, 1.82) is 0 Å². The number of hydrogen-bond acceptors (Lipinski definition) is 4. The summed E-state index contributed by atoms with van der Waals surface area (Å²) < 4.78 is 5.10. The second kappa shape index (κ2) is 12.8. The van der Waals surface area contributed by atoms with Crippen molar-refractivity contribution >= 4 is 41.0 Å². The highest BCUT2D eigenvalue weighted by Gasteiger charge is 2.28. The van der Waals surface area contributed by atoms with Gasteiger partial charge in [-0.3, -0.25) is 14.4 Å². The Hall–Kier alpha value is -2.57. The Kier molecular flexibility index (Phi) is 9.78. The summed E-state index contributed by atoms with van der Waals surface area (Å²) in [5, 5.41) is 0.744. The number of carbonyl (C=O) groups is 3. The van der Waals surface area contributed by atoms with Crippen LogP contribution >= 0.6 is 23.2 Å². The van der Waals surface area contributed by atoms with Crippen molar-refractivity contribution in [3.8, 4) is 0 Å². The van der Waals surface area contributed by atoms with Crippen LogP contribution in [0.4, 0.5) is 0 Å². The molecular weight excluding hydrogens is 475 g/mol. The summed E-state index contributed by atoms with van der Waals surface area (Å²) in [6.07, 6.45) is 2.07. The van der Waals surface area contributed by atoms with E-state index in [-0.39, 0.29) is 41.7 Å². The monoisotopic (exact) mass is 504 g/mol. The first-order valence-corrected chi connectivity index (χ1v) is 12.4. The Labute approximate surface area is 210 Å². The molecule has 8 heteroatoms. The maximum absolute atomic E-state index is 13.3. The average molecular weight is 505 g/mol. The molecule has 2 amide bonds. The molecule has 1 aliphatic rings. The number of nitrogens with zero attached hydrogens (tertiary/aromatic N) is 2. The molecular formula is C26H30Cl2N2O4. The lowest BCUT2D eigenvalue weighted by Crippen LogP contribution is -2.42. The molecule has 0 aliphatic carbocycles. The fourth-order valence-corrected chi connectivity index (χ4v) is 4.56. The van der Waals surface area contributed by atoms with Gasteiger partial charge in [0, 0.05) is 37.6 Å². The van der Waals surface area contributed by atoms with Gasteiger partial charge in [0.25, 0.3) is 5.91 Å². The van der Waals surface area contributed by atoms with Gasteiger partial charge in [-0.15, -0.1) is 0 Å². The first-order valence-electron chi connectivity index (χ1n) is 11.6. The smallest absolute Gasteiger partial charge is 0.309 e. The van der Waals surface area contributed by atoms with Crippen LogP contribution in [0.3, 0.4) is 0 Å². The lowest BCUT2D eigenvalue weighted by Gasteiger charge is -2.32. The Morgan fingerprint density at radius 1 is 1.03 bits per heavy atom. The normalized spacial score (nSPS) is 14.0. The minimum absolute atomic E-state index is 0.0259. The summed E-state index contributed by atoms with van der Waals surface area (Å²) in [4.78, 5) is 41.6. The number of piperidine rings is 1. The van der Waals surface area contributed by atoms with Crippen LogP contribution in [0.5, 0.6) is 0 Å². The molecule has 1 fully saturated rings. The molecule has 1 aliphatic heterocycles. The maximum Gasteiger partial charge on any atom is 0.309 e. The largest absolute Gasteiger partial charge is 0.466 e. The molecule has 182 valence electrons. The van der Waals surface area contributed by atoms with Gasteiger partial charge in [-0.2, -0.15) is 0 Å². The van der Waals surface area contributed by atoms with E-state index < -0.39 is 0 Å². The highest BCUT2D eigenvalue weighted by Crippen LogP contribution is 2.23. The Bertz CT molecular complexity index is 992. The summed E-state index contributed by atoms with van der Waals surface area (Å²) in [6, 6.07) is 14.7. The van der Waals surface area contributed by atoms with Gasteiger partial charge in [-0.05, 0) is 49.9 Å². The second-order valence-corrected chi connectivity index (χ2v) is 9.15.